The molecule has 5 rings (SSSR count). The molecule has 0 aliphatic rings. The lowest BCUT2D eigenvalue weighted by Gasteiger charge is -2.08. The summed E-state index contributed by atoms with van der Waals surface area (Å²) >= 11 is 1.47. The zero-order valence-electron chi connectivity index (χ0n) is 16.7. The summed E-state index contributed by atoms with van der Waals surface area (Å²) in [4.78, 5) is 0.728. The number of nitrogens with zero attached hydrogens (tertiary/aromatic N) is 4. The highest BCUT2D eigenvalue weighted by molar-refractivity contribution is 7.16. The number of aromatic nitrogens is 4. The maximum absolute atomic E-state index is 5.97. The molecule has 0 atom stereocenters. The molecule has 0 radical (unpaired) electrons. The van der Waals surface area contributed by atoms with Gasteiger partial charge < -0.3 is 9.47 Å². The van der Waals surface area contributed by atoms with E-state index in [1.54, 1.807) is 4.52 Å². The molecule has 0 aliphatic carbocycles. The van der Waals surface area contributed by atoms with Crippen LogP contribution in [-0.4, -0.2) is 19.8 Å². The molecule has 0 bridgehead atoms. The van der Waals surface area contributed by atoms with Gasteiger partial charge in [-0.15, -0.1) is 10.2 Å². The summed E-state index contributed by atoms with van der Waals surface area (Å²) in [6, 6.07) is 20.4. The van der Waals surface area contributed by atoms with Crippen LogP contribution in [0.3, 0.4) is 0 Å². The zero-order valence-corrected chi connectivity index (χ0v) is 17.5. The van der Waals surface area contributed by atoms with Crippen molar-refractivity contribution in [2.75, 3.05) is 0 Å². The number of hydrogen-bond acceptors (Lipinski definition) is 6. The number of hydrogen-bond donors (Lipinski definition) is 0. The van der Waals surface area contributed by atoms with Gasteiger partial charge in [-0.2, -0.15) is 9.61 Å². The first kappa shape index (κ1) is 18.6. The smallest absolute Gasteiger partial charge is 0.234 e. The van der Waals surface area contributed by atoms with Gasteiger partial charge in [0.25, 0.3) is 0 Å². The van der Waals surface area contributed by atoms with Crippen LogP contribution in [-0.2, 0) is 13.2 Å². The van der Waals surface area contributed by atoms with Crippen molar-refractivity contribution < 1.29 is 9.47 Å². The molecule has 0 N–H and O–H groups in total. The molecule has 0 fully saturated rings. The summed E-state index contributed by atoms with van der Waals surface area (Å²) in [5.74, 6) is 2.33. The predicted octanol–water partition coefficient (Wildman–Crippen LogP) is 5.11. The third-order valence-electron chi connectivity index (χ3n) is 4.88. The van der Waals surface area contributed by atoms with Gasteiger partial charge in [-0.25, -0.2) is 0 Å². The van der Waals surface area contributed by atoms with Crippen LogP contribution in [0.15, 0.2) is 60.7 Å². The van der Waals surface area contributed by atoms with E-state index in [9.17, 15) is 0 Å². The fourth-order valence-corrected chi connectivity index (χ4v) is 4.02. The van der Waals surface area contributed by atoms with Crippen molar-refractivity contribution in [3.05, 3.63) is 82.6 Å². The molecule has 3 aromatic carbocycles. The first-order valence-electron chi connectivity index (χ1n) is 9.67. The second kappa shape index (κ2) is 7.76. The molecule has 6 nitrogen and oxygen atoms in total. The van der Waals surface area contributed by atoms with E-state index in [1.165, 1.54) is 22.3 Å². The molecule has 0 saturated heterocycles. The quantitative estimate of drug-likeness (QED) is 0.385. The summed E-state index contributed by atoms with van der Waals surface area (Å²) in [7, 11) is 0. The Morgan fingerprint density at radius 1 is 0.867 bits per heavy atom. The van der Waals surface area contributed by atoms with Crippen LogP contribution in [0.25, 0.3) is 15.7 Å². The molecule has 30 heavy (non-hydrogen) atoms. The van der Waals surface area contributed by atoms with Crippen molar-refractivity contribution in [3.8, 4) is 11.5 Å². The SMILES string of the molecule is Cc1ccc(C)c(OCc2nn3c(COc4ccc5ccccc5c4)nnc3s2)c1. The maximum Gasteiger partial charge on any atom is 0.234 e. The van der Waals surface area contributed by atoms with Gasteiger partial charge in [0.2, 0.25) is 4.96 Å². The molecule has 0 aliphatic heterocycles. The first-order chi connectivity index (χ1) is 14.7. The van der Waals surface area contributed by atoms with Crippen LogP contribution in [0, 0.1) is 13.8 Å². The van der Waals surface area contributed by atoms with Gasteiger partial charge in [-0.1, -0.05) is 53.8 Å². The summed E-state index contributed by atoms with van der Waals surface area (Å²) < 4.78 is 13.6. The minimum Gasteiger partial charge on any atom is -0.486 e. The number of aryl methyl sites for hydroxylation is 2. The molecule has 0 spiro atoms. The van der Waals surface area contributed by atoms with Crippen molar-refractivity contribution in [2.24, 2.45) is 0 Å². The lowest BCUT2D eigenvalue weighted by atomic mass is 10.1. The van der Waals surface area contributed by atoms with Crippen molar-refractivity contribution in [3.63, 3.8) is 0 Å². The van der Waals surface area contributed by atoms with Crippen LogP contribution < -0.4 is 9.47 Å². The average Bonchev–Trinajstić information content (AvgIpc) is 3.33. The van der Waals surface area contributed by atoms with E-state index in [-0.39, 0.29) is 0 Å². The van der Waals surface area contributed by atoms with Gasteiger partial charge in [-0.3, -0.25) is 0 Å². The summed E-state index contributed by atoms with van der Waals surface area (Å²) in [6.07, 6.45) is 0. The minimum absolute atomic E-state index is 0.292. The van der Waals surface area contributed by atoms with Gasteiger partial charge in [0.1, 0.15) is 24.7 Å². The highest BCUT2D eigenvalue weighted by Crippen LogP contribution is 2.23. The Morgan fingerprint density at radius 3 is 2.63 bits per heavy atom. The molecular weight excluding hydrogens is 396 g/mol. The van der Waals surface area contributed by atoms with Crippen molar-refractivity contribution in [2.45, 2.75) is 27.1 Å². The fraction of sp³-hybridized carbons (Fsp3) is 0.174. The van der Waals surface area contributed by atoms with Crippen molar-refractivity contribution >= 4 is 27.1 Å². The topological polar surface area (TPSA) is 61.5 Å². The van der Waals surface area contributed by atoms with E-state index in [2.05, 4.69) is 52.6 Å². The average molecular weight is 417 g/mol. The molecule has 5 aromatic rings. The maximum atomic E-state index is 5.97. The molecule has 0 unspecified atom stereocenters. The monoisotopic (exact) mass is 416 g/mol. The molecule has 2 aromatic heterocycles. The fourth-order valence-electron chi connectivity index (χ4n) is 3.25. The van der Waals surface area contributed by atoms with Gasteiger partial charge in [-0.05, 0) is 53.9 Å². The Balaban J connectivity index is 1.29. The molecule has 7 heteroatoms. The summed E-state index contributed by atoms with van der Waals surface area (Å²) in [5.41, 5.74) is 2.27. The van der Waals surface area contributed by atoms with E-state index in [1.807, 2.05) is 37.3 Å². The molecule has 0 saturated carbocycles. The Labute approximate surface area is 177 Å². The third-order valence-corrected chi connectivity index (χ3v) is 5.75. The summed E-state index contributed by atoms with van der Waals surface area (Å²) in [6.45, 7) is 4.77. The standard InChI is InChI=1S/C23H20N4O2S/c1-15-7-8-16(2)20(11-15)29-14-22-26-27-21(24-25-23(27)30-22)13-28-19-10-9-17-5-3-4-6-18(17)12-19/h3-12H,13-14H2,1-2H3. The van der Waals surface area contributed by atoms with E-state index >= 15 is 0 Å². The van der Waals surface area contributed by atoms with Gasteiger partial charge >= 0.3 is 0 Å². The molecule has 2 heterocycles. The Kier molecular flexibility index (Phi) is 4.80. The lowest BCUT2D eigenvalue weighted by Crippen LogP contribution is -2.03. The largest absolute Gasteiger partial charge is 0.486 e. The number of ether oxygens (including phenoxy) is 2. The van der Waals surface area contributed by atoms with E-state index in [0.717, 1.165) is 32.4 Å². The zero-order chi connectivity index (χ0) is 20.5. The van der Waals surface area contributed by atoms with Crippen LogP contribution in [0.1, 0.15) is 22.0 Å². The Morgan fingerprint density at radius 2 is 1.73 bits per heavy atom. The van der Waals surface area contributed by atoms with Crippen LogP contribution in [0.2, 0.25) is 0 Å². The lowest BCUT2D eigenvalue weighted by molar-refractivity contribution is 0.290. The van der Waals surface area contributed by atoms with Gasteiger partial charge in [0.05, 0.1) is 0 Å². The summed E-state index contributed by atoms with van der Waals surface area (Å²) in [5, 5.41) is 16.2. The van der Waals surface area contributed by atoms with Crippen molar-refractivity contribution in [1.29, 1.82) is 0 Å². The Hall–Kier alpha value is -3.45. The Bertz CT molecular complexity index is 1340. The van der Waals surface area contributed by atoms with Gasteiger partial charge in [0.15, 0.2) is 10.8 Å². The highest BCUT2D eigenvalue weighted by Gasteiger charge is 2.13. The third kappa shape index (κ3) is 3.71. The molecule has 0 amide bonds. The number of rotatable bonds is 6. The number of benzene rings is 3. The van der Waals surface area contributed by atoms with E-state index in [4.69, 9.17) is 9.47 Å². The second-order valence-electron chi connectivity index (χ2n) is 7.16. The highest BCUT2D eigenvalue weighted by atomic mass is 32.1. The van der Waals surface area contributed by atoms with E-state index < -0.39 is 0 Å². The predicted molar refractivity (Wildman–Crippen MR) is 117 cm³/mol. The van der Waals surface area contributed by atoms with Crippen molar-refractivity contribution in [1.82, 2.24) is 19.8 Å². The van der Waals surface area contributed by atoms with Crippen LogP contribution in [0.5, 0.6) is 11.5 Å². The van der Waals surface area contributed by atoms with Gasteiger partial charge in [0, 0.05) is 0 Å². The van der Waals surface area contributed by atoms with E-state index in [0.29, 0.717) is 19.0 Å². The second-order valence-corrected chi connectivity index (χ2v) is 8.20. The number of fused-ring (bicyclic) bond motifs is 2. The first-order valence-corrected chi connectivity index (χ1v) is 10.5. The minimum atomic E-state index is 0.292. The van der Waals surface area contributed by atoms with Crippen LogP contribution >= 0.6 is 11.3 Å². The molecular formula is C23H20N4O2S. The molecule has 150 valence electrons. The normalized spacial score (nSPS) is 11.3. The van der Waals surface area contributed by atoms with Crippen LogP contribution in [0.4, 0.5) is 0 Å².